The molecule has 0 spiro atoms. The highest BCUT2D eigenvalue weighted by Crippen LogP contribution is 2.22. The topological polar surface area (TPSA) is 149 Å². The fourth-order valence-electron chi connectivity index (χ4n) is 4.23. The largest absolute Gasteiger partial charge is 0.759 e. The molecule has 2 atom stereocenters. The fraction of sp³-hybridized carbons (Fsp3) is 0.370. The van der Waals surface area contributed by atoms with Gasteiger partial charge < -0.3 is 24.6 Å². The molecule has 1 amide bonds. The molecule has 12 heteroatoms. The zero-order valence-electron chi connectivity index (χ0n) is 21.9. The number of nitriles is 1. The lowest BCUT2D eigenvalue weighted by Crippen LogP contribution is -2.60. The van der Waals surface area contributed by atoms with Gasteiger partial charge in [-0.2, -0.15) is 9.68 Å². The average molecular weight is 553 g/mol. The maximum atomic E-state index is 12.3. The molecule has 2 aromatic rings. The van der Waals surface area contributed by atoms with Crippen LogP contribution >= 0.6 is 0 Å². The van der Waals surface area contributed by atoms with Crippen LogP contribution in [0.4, 0.5) is 5.69 Å². The first-order valence-corrected chi connectivity index (χ1v) is 13.3. The average Bonchev–Trinajstić information content (AvgIpc) is 2.93. The van der Waals surface area contributed by atoms with Crippen molar-refractivity contribution in [2.24, 2.45) is 5.92 Å². The summed E-state index contributed by atoms with van der Waals surface area (Å²) >= 11 is -2.70. The number of carboxylic acid groups (broad SMARTS) is 1. The number of piperazine rings is 1. The van der Waals surface area contributed by atoms with Crippen molar-refractivity contribution in [2.45, 2.75) is 19.9 Å². The maximum absolute atomic E-state index is 12.3. The molecule has 39 heavy (non-hydrogen) atoms. The van der Waals surface area contributed by atoms with Crippen LogP contribution in [0.15, 0.2) is 42.5 Å². The minimum absolute atomic E-state index is 0.115. The van der Waals surface area contributed by atoms with Gasteiger partial charge in [-0.25, -0.2) is 5.01 Å². The number of hydrogen-bond donors (Lipinski definition) is 2. The van der Waals surface area contributed by atoms with Gasteiger partial charge in [0.15, 0.2) is 0 Å². The minimum atomic E-state index is -2.70. The van der Waals surface area contributed by atoms with E-state index in [9.17, 15) is 23.5 Å². The number of hydrogen-bond acceptors (Lipinski definition) is 8. The van der Waals surface area contributed by atoms with Crippen molar-refractivity contribution in [3.63, 3.8) is 0 Å². The molecule has 0 aliphatic carbocycles. The number of ether oxygens (including phenoxy) is 1. The second-order valence-corrected chi connectivity index (χ2v) is 9.85. The van der Waals surface area contributed by atoms with Crippen molar-refractivity contribution in [3.8, 4) is 23.7 Å². The Morgan fingerprint density at radius 2 is 1.74 bits per heavy atom. The molecule has 0 saturated carbocycles. The molecule has 0 bridgehead atoms. The molecule has 1 heterocycles. The third-order valence-corrected chi connectivity index (χ3v) is 6.93. The zero-order valence-corrected chi connectivity index (χ0v) is 22.7. The van der Waals surface area contributed by atoms with Gasteiger partial charge in [-0.3, -0.25) is 13.8 Å². The van der Waals surface area contributed by atoms with E-state index in [0.717, 1.165) is 15.7 Å². The molecule has 1 saturated heterocycles. The standard InChI is InChI=1S/C27H31N5O6S/c1-19(2)25(27(34)35)32(39(36)37)31-16-14-30(15-17-31)22-9-6-20(7-10-22)4-5-21-8-11-24(38-3)23(18-21)26(33)29-13-12-28/h6-11,18-19,25H,13-17H2,1-3H3,(H,29,33)(H,34,35)(H,36,37)/p-1. The molecule has 1 aliphatic heterocycles. The number of carbonyl (C=O) groups is 2. The molecule has 206 valence electrons. The lowest BCUT2D eigenvalue weighted by atomic mass is 10.1. The molecule has 0 radical (unpaired) electrons. The van der Waals surface area contributed by atoms with E-state index in [4.69, 9.17) is 10.00 Å². The number of methoxy groups -OCH3 is 1. The first-order valence-electron chi connectivity index (χ1n) is 12.2. The number of aliphatic carboxylic acids is 1. The number of benzene rings is 2. The van der Waals surface area contributed by atoms with Crippen LogP contribution in [0.5, 0.6) is 5.75 Å². The summed E-state index contributed by atoms with van der Waals surface area (Å²) in [4.78, 5) is 26.1. The Hall–Kier alpha value is -3.94. The molecule has 1 fully saturated rings. The predicted octanol–water partition coefficient (Wildman–Crippen LogP) is 1.59. The summed E-state index contributed by atoms with van der Waals surface area (Å²) in [5.74, 6) is 4.50. The summed E-state index contributed by atoms with van der Waals surface area (Å²) in [5.41, 5.74) is 2.60. The molecule has 2 N–H and O–H groups in total. The first-order chi connectivity index (χ1) is 18.7. The number of rotatable bonds is 9. The number of hydrazine groups is 1. The van der Waals surface area contributed by atoms with Crippen LogP contribution in [0, 0.1) is 29.1 Å². The molecule has 0 aromatic heterocycles. The van der Waals surface area contributed by atoms with E-state index < -0.39 is 35.1 Å². The predicted molar refractivity (Wildman–Crippen MR) is 144 cm³/mol. The fourth-order valence-corrected chi connectivity index (χ4v) is 5.10. The van der Waals surface area contributed by atoms with Crippen molar-refractivity contribution < 1.29 is 28.2 Å². The van der Waals surface area contributed by atoms with E-state index in [1.54, 1.807) is 37.1 Å². The molecule has 2 aromatic carbocycles. The Bertz CT molecular complexity index is 1310. The second kappa shape index (κ2) is 13.7. The quantitative estimate of drug-likeness (QED) is 0.269. The van der Waals surface area contributed by atoms with Crippen molar-refractivity contribution in [2.75, 3.05) is 44.7 Å². The van der Waals surface area contributed by atoms with Crippen molar-refractivity contribution in [1.29, 1.82) is 5.26 Å². The smallest absolute Gasteiger partial charge is 0.323 e. The Kier molecular flexibility index (Phi) is 10.4. The Morgan fingerprint density at radius 1 is 1.13 bits per heavy atom. The van der Waals surface area contributed by atoms with Gasteiger partial charge in [-0.05, 0) is 48.4 Å². The third-order valence-electron chi connectivity index (χ3n) is 6.17. The van der Waals surface area contributed by atoms with E-state index >= 15 is 0 Å². The lowest BCUT2D eigenvalue weighted by Gasteiger charge is -2.45. The van der Waals surface area contributed by atoms with Crippen LogP contribution < -0.4 is 15.0 Å². The van der Waals surface area contributed by atoms with Gasteiger partial charge in [0.25, 0.3) is 5.91 Å². The van der Waals surface area contributed by atoms with E-state index in [1.807, 2.05) is 30.3 Å². The Morgan fingerprint density at radius 3 is 2.28 bits per heavy atom. The van der Waals surface area contributed by atoms with E-state index in [1.165, 1.54) is 7.11 Å². The summed E-state index contributed by atoms with van der Waals surface area (Å²) in [6.45, 7) is 5.00. The maximum Gasteiger partial charge on any atom is 0.323 e. The monoisotopic (exact) mass is 552 g/mol. The lowest BCUT2D eigenvalue weighted by molar-refractivity contribution is -0.149. The second-order valence-electron chi connectivity index (χ2n) is 9.04. The van der Waals surface area contributed by atoms with Gasteiger partial charge in [0.1, 0.15) is 18.3 Å². The number of nitrogens with one attached hydrogen (secondary N) is 1. The van der Waals surface area contributed by atoms with Crippen LogP contribution in [-0.2, 0) is 16.1 Å². The SMILES string of the molecule is COc1ccc(C#Cc2ccc(N3CCN(N(C(C(=O)O)C(C)C)S(=O)[O-])CC3)cc2)cc1C(=O)NCC#N. The number of amides is 1. The summed E-state index contributed by atoms with van der Waals surface area (Å²) in [7, 11) is 1.46. The van der Waals surface area contributed by atoms with Gasteiger partial charge in [0.05, 0.1) is 18.7 Å². The summed E-state index contributed by atoms with van der Waals surface area (Å²) in [6, 6.07) is 13.3. The van der Waals surface area contributed by atoms with Gasteiger partial charge in [0.2, 0.25) is 0 Å². The molecule has 3 rings (SSSR count). The Balaban J connectivity index is 1.68. The molecular formula is C27H30N5O6S-. The van der Waals surface area contributed by atoms with Gasteiger partial charge in [0, 0.05) is 54.3 Å². The highest BCUT2D eigenvalue weighted by Gasteiger charge is 2.35. The number of nitrogens with zero attached hydrogens (tertiary/aromatic N) is 4. The van der Waals surface area contributed by atoms with Crippen molar-refractivity contribution in [3.05, 3.63) is 59.2 Å². The molecule has 1 aliphatic rings. The number of carboxylic acids is 1. The zero-order chi connectivity index (χ0) is 28.5. The first kappa shape index (κ1) is 29.6. The minimum Gasteiger partial charge on any atom is -0.759 e. The van der Waals surface area contributed by atoms with E-state index in [0.29, 0.717) is 37.5 Å². The van der Waals surface area contributed by atoms with Gasteiger partial charge in [-0.1, -0.05) is 25.7 Å². The van der Waals surface area contributed by atoms with E-state index in [-0.39, 0.29) is 12.1 Å². The summed E-state index contributed by atoms with van der Waals surface area (Å²) < 4.78 is 30.0. The number of anilines is 1. The van der Waals surface area contributed by atoms with Gasteiger partial charge >= 0.3 is 5.97 Å². The van der Waals surface area contributed by atoms with Crippen LogP contribution in [0.2, 0.25) is 0 Å². The Labute approximate surface area is 230 Å². The van der Waals surface area contributed by atoms with Gasteiger partial charge in [-0.15, -0.1) is 0 Å². The van der Waals surface area contributed by atoms with Crippen molar-refractivity contribution >= 4 is 28.8 Å². The summed E-state index contributed by atoms with van der Waals surface area (Å²) in [6.07, 6.45) is 0. The normalized spacial score (nSPS) is 15.2. The highest BCUT2D eigenvalue weighted by molar-refractivity contribution is 7.76. The molecule has 11 nitrogen and oxygen atoms in total. The van der Waals surface area contributed by atoms with Crippen LogP contribution in [0.3, 0.4) is 0 Å². The molecular weight excluding hydrogens is 522 g/mol. The van der Waals surface area contributed by atoms with Crippen LogP contribution in [0.1, 0.15) is 35.3 Å². The van der Waals surface area contributed by atoms with Crippen molar-refractivity contribution in [1.82, 2.24) is 14.7 Å². The van der Waals surface area contributed by atoms with E-state index in [2.05, 4.69) is 22.1 Å². The molecule has 2 unspecified atom stereocenters. The number of carbonyl (C=O) groups excluding carboxylic acids is 1. The van der Waals surface area contributed by atoms with Crippen LogP contribution in [0.25, 0.3) is 0 Å². The van der Waals surface area contributed by atoms with Crippen LogP contribution in [-0.4, -0.2) is 81.0 Å². The summed E-state index contributed by atoms with van der Waals surface area (Å²) in [5, 5.41) is 22.3. The third kappa shape index (κ3) is 7.56. The highest BCUT2D eigenvalue weighted by atomic mass is 32.2.